The molecule has 0 fully saturated rings. The van der Waals surface area contributed by atoms with Gasteiger partial charge in [-0.3, -0.25) is 9.83 Å². The Kier molecular flexibility index (Phi) is 6.37. The summed E-state index contributed by atoms with van der Waals surface area (Å²) in [4.78, 5) is 21.5. The van der Waals surface area contributed by atoms with E-state index in [4.69, 9.17) is 21.4 Å². The van der Waals surface area contributed by atoms with Crippen LogP contribution < -0.4 is 5.48 Å². The first kappa shape index (κ1) is 20.8. The number of nitrogens with zero attached hydrogens (tertiary/aromatic N) is 3. The number of aryl methyl sites for hydroxylation is 3. The van der Waals surface area contributed by atoms with E-state index in [1.165, 1.54) is 16.7 Å². The lowest BCUT2D eigenvalue weighted by molar-refractivity contribution is 0.0621. The quantitative estimate of drug-likeness (QED) is 0.600. The molecule has 0 spiro atoms. The highest BCUT2D eigenvalue weighted by Gasteiger charge is 2.22. The lowest BCUT2D eigenvalue weighted by Crippen LogP contribution is -2.37. The molecule has 0 aliphatic carbocycles. The fraction of sp³-hybridized carbons (Fsp3) is 0.261. The fourth-order valence-electron chi connectivity index (χ4n) is 3.36. The van der Waals surface area contributed by atoms with Crippen LogP contribution in [0.2, 0.25) is 5.02 Å². The first-order chi connectivity index (χ1) is 14.5. The lowest BCUT2D eigenvalue weighted by atomic mass is 9.99. The average molecular weight is 439 g/mol. The molecule has 0 saturated carbocycles. The average Bonchev–Trinajstić information content (AvgIpc) is 2.72. The number of hydroxylamine groups is 1. The summed E-state index contributed by atoms with van der Waals surface area (Å²) in [6.45, 7) is 6.63. The highest BCUT2D eigenvalue weighted by atomic mass is 35.5. The maximum atomic E-state index is 6.14. The Morgan fingerprint density at radius 1 is 1.17 bits per heavy atom. The molecule has 2 aromatic carbocycles. The van der Waals surface area contributed by atoms with Gasteiger partial charge < -0.3 is 0 Å². The molecule has 0 bridgehead atoms. The molecule has 0 unspecified atom stereocenters. The minimum Gasteiger partial charge on any atom is -0.272 e. The van der Waals surface area contributed by atoms with Gasteiger partial charge in [0, 0.05) is 16.1 Å². The Balaban J connectivity index is 1.62. The molecule has 0 amide bonds. The summed E-state index contributed by atoms with van der Waals surface area (Å²) in [6, 6.07) is 14.3. The van der Waals surface area contributed by atoms with Gasteiger partial charge in [0.05, 0.1) is 17.5 Å². The van der Waals surface area contributed by atoms with Gasteiger partial charge in [0.25, 0.3) is 0 Å². The molecule has 1 N–H and O–H groups in total. The second-order valence-electron chi connectivity index (χ2n) is 7.37. The maximum absolute atomic E-state index is 6.14. The number of aromatic nitrogens is 2. The van der Waals surface area contributed by atoms with Crippen LogP contribution in [0, 0.1) is 20.8 Å². The second kappa shape index (κ2) is 9.16. The van der Waals surface area contributed by atoms with Gasteiger partial charge in [-0.2, -0.15) is 0 Å². The van der Waals surface area contributed by atoms with Crippen molar-refractivity contribution in [2.24, 2.45) is 4.99 Å². The first-order valence-electron chi connectivity index (χ1n) is 9.77. The highest BCUT2D eigenvalue weighted by molar-refractivity contribution is 7.99. The monoisotopic (exact) mass is 438 g/mol. The summed E-state index contributed by atoms with van der Waals surface area (Å²) in [5, 5.41) is 0.694. The third-order valence-corrected chi connectivity index (χ3v) is 6.08. The number of hydrogen-bond donors (Lipinski definition) is 1. The normalized spacial score (nSPS) is 16.1. The number of aliphatic imine (C=N–C) groups is 1. The third kappa shape index (κ3) is 5.01. The zero-order valence-corrected chi connectivity index (χ0v) is 18.7. The molecule has 0 saturated heterocycles. The molecule has 3 aromatic rings. The number of amidine groups is 1. The standard InChI is InChI=1S/C23H23ClN4OS/c1-14-7-8-17(15(2)9-14)10-19-13-29-28-23(27-19)22-21(12-25-16(3)26-22)30-20-6-4-5-18(24)11-20/h4-9,11-12,19H,10,13H2,1-3H3,(H,27,28)/t19-/m1/s1. The van der Waals surface area contributed by atoms with E-state index in [1.807, 2.05) is 37.4 Å². The summed E-state index contributed by atoms with van der Waals surface area (Å²) in [6.07, 6.45) is 2.64. The Morgan fingerprint density at radius 3 is 2.83 bits per heavy atom. The molecule has 1 aliphatic rings. The Morgan fingerprint density at radius 2 is 2.03 bits per heavy atom. The predicted molar refractivity (Wildman–Crippen MR) is 121 cm³/mol. The number of rotatable bonds is 5. The van der Waals surface area contributed by atoms with Gasteiger partial charge in [0.1, 0.15) is 11.5 Å². The second-order valence-corrected chi connectivity index (χ2v) is 8.92. The lowest BCUT2D eigenvalue weighted by Gasteiger charge is -2.23. The van der Waals surface area contributed by atoms with E-state index in [9.17, 15) is 0 Å². The molecule has 5 nitrogen and oxygen atoms in total. The molecular weight excluding hydrogens is 416 g/mol. The van der Waals surface area contributed by atoms with Crippen LogP contribution in [-0.4, -0.2) is 28.5 Å². The predicted octanol–water partition coefficient (Wildman–Crippen LogP) is 5.10. The zero-order valence-electron chi connectivity index (χ0n) is 17.1. The molecule has 1 aromatic heterocycles. The Labute approximate surface area is 185 Å². The van der Waals surface area contributed by atoms with Gasteiger partial charge in [0.15, 0.2) is 5.84 Å². The summed E-state index contributed by atoms with van der Waals surface area (Å²) in [5.41, 5.74) is 7.52. The SMILES string of the molecule is Cc1ccc(C[C@@H]2CONC(c3nc(C)ncc3Sc3cccc(Cl)c3)=N2)c(C)c1. The van der Waals surface area contributed by atoms with E-state index in [1.54, 1.807) is 11.8 Å². The van der Waals surface area contributed by atoms with Crippen LogP contribution in [0.15, 0.2) is 63.4 Å². The number of benzene rings is 2. The van der Waals surface area contributed by atoms with Gasteiger partial charge in [-0.05, 0) is 56.5 Å². The maximum Gasteiger partial charge on any atom is 0.173 e. The highest BCUT2D eigenvalue weighted by Crippen LogP contribution is 2.31. The van der Waals surface area contributed by atoms with Crippen molar-refractivity contribution in [2.75, 3.05) is 6.61 Å². The molecule has 0 radical (unpaired) electrons. The van der Waals surface area contributed by atoms with Gasteiger partial charge in [-0.25, -0.2) is 15.4 Å². The molecule has 2 heterocycles. The fourth-order valence-corrected chi connectivity index (χ4v) is 4.54. The van der Waals surface area contributed by atoms with Crippen molar-refractivity contribution in [1.82, 2.24) is 15.4 Å². The summed E-state index contributed by atoms with van der Waals surface area (Å²) >= 11 is 7.70. The van der Waals surface area contributed by atoms with Crippen molar-refractivity contribution in [1.29, 1.82) is 0 Å². The number of halogens is 1. The smallest absolute Gasteiger partial charge is 0.173 e. The van der Waals surface area contributed by atoms with Crippen LogP contribution in [0.25, 0.3) is 0 Å². The van der Waals surface area contributed by atoms with Gasteiger partial charge in [-0.15, -0.1) is 0 Å². The van der Waals surface area contributed by atoms with E-state index < -0.39 is 0 Å². The molecule has 4 rings (SSSR count). The van der Waals surface area contributed by atoms with Crippen molar-refractivity contribution in [3.63, 3.8) is 0 Å². The summed E-state index contributed by atoms with van der Waals surface area (Å²) < 4.78 is 0. The zero-order chi connectivity index (χ0) is 21.1. The van der Waals surface area contributed by atoms with E-state index in [-0.39, 0.29) is 6.04 Å². The number of nitrogens with one attached hydrogen (secondary N) is 1. The van der Waals surface area contributed by atoms with Gasteiger partial charge in [-0.1, -0.05) is 53.2 Å². The van der Waals surface area contributed by atoms with Crippen LogP contribution >= 0.6 is 23.4 Å². The molecular formula is C23H23ClN4OS. The van der Waals surface area contributed by atoms with Crippen LogP contribution in [0.4, 0.5) is 0 Å². The van der Waals surface area contributed by atoms with Crippen molar-refractivity contribution in [3.8, 4) is 0 Å². The molecule has 30 heavy (non-hydrogen) atoms. The Hall–Kier alpha value is -2.41. The third-order valence-electron chi connectivity index (χ3n) is 4.83. The molecule has 1 aliphatic heterocycles. The van der Waals surface area contributed by atoms with Crippen LogP contribution in [0.3, 0.4) is 0 Å². The van der Waals surface area contributed by atoms with Gasteiger partial charge in [0.2, 0.25) is 0 Å². The van der Waals surface area contributed by atoms with Gasteiger partial charge >= 0.3 is 0 Å². The van der Waals surface area contributed by atoms with Crippen LogP contribution in [0.5, 0.6) is 0 Å². The van der Waals surface area contributed by atoms with E-state index >= 15 is 0 Å². The summed E-state index contributed by atoms with van der Waals surface area (Å²) in [7, 11) is 0. The van der Waals surface area contributed by atoms with E-state index in [2.05, 4.69) is 47.5 Å². The molecule has 1 atom stereocenters. The largest absolute Gasteiger partial charge is 0.272 e. The minimum atomic E-state index is 0.0157. The topological polar surface area (TPSA) is 59.4 Å². The van der Waals surface area contributed by atoms with Crippen molar-refractivity contribution >= 4 is 29.2 Å². The van der Waals surface area contributed by atoms with E-state index in [0.29, 0.717) is 23.3 Å². The van der Waals surface area contributed by atoms with Crippen LogP contribution in [-0.2, 0) is 11.3 Å². The molecule has 7 heteroatoms. The van der Waals surface area contributed by atoms with E-state index in [0.717, 1.165) is 21.9 Å². The minimum absolute atomic E-state index is 0.0157. The van der Waals surface area contributed by atoms with Crippen molar-refractivity contribution < 1.29 is 4.84 Å². The Bertz CT molecular complexity index is 1100. The van der Waals surface area contributed by atoms with Crippen LogP contribution in [0.1, 0.15) is 28.2 Å². The summed E-state index contributed by atoms with van der Waals surface area (Å²) in [5.74, 6) is 1.31. The van der Waals surface area contributed by atoms with Crippen molar-refractivity contribution in [2.45, 2.75) is 43.0 Å². The van der Waals surface area contributed by atoms with Crippen molar-refractivity contribution in [3.05, 3.63) is 81.9 Å². The number of hydrogen-bond acceptors (Lipinski definition) is 6. The molecule has 154 valence electrons. The first-order valence-corrected chi connectivity index (χ1v) is 11.0.